The zero-order valence-electron chi connectivity index (χ0n) is 16.8. The van der Waals surface area contributed by atoms with E-state index in [-0.39, 0.29) is 47.5 Å². The highest BCUT2D eigenvalue weighted by Crippen LogP contribution is 2.29. The van der Waals surface area contributed by atoms with Crippen molar-refractivity contribution in [3.63, 3.8) is 0 Å². The van der Waals surface area contributed by atoms with Gasteiger partial charge in [-0.15, -0.1) is 0 Å². The number of ether oxygens (including phenoxy) is 1. The van der Waals surface area contributed by atoms with Crippen LogP contribution in [0.4, 0.5) is 0 Å². The van der Waals surface area contributed by atoms with E-state index >= 15 is 0 Å². The molecule has 0 aromatic carbocycles. The summed E-state index contributed by atoms with van der Waals surface area (Å²) in [5.41, 5.74) is -0.360. The fraction of sp³-hybridized carbons (Fsp3) is 0.600. The van der Waals surface area contributed by atoms with Crippen LogP contribution in [0.5, 0.6) is 0 Å². The maximum atomic E-state index is 12.9. The predicted molar refractivity (Wildman–Crippen MR) is 103 cm³/mol. The third kappa shape index (κ3) is 3.81. The minimum absolute atomic E-state index is 0.0471. The minimum Gasteiger partial charge on any atom is -0.462 e. The SMILES string of the molecule is CCOC(=O)c1c(C)oc2ncn(CC(=O)NC3CCCC(C)C3C)c(=O)c12. The summed E-state index contributed by atoms with van der Waals surface area (Å²) in [5.74, 6) is 0.338. The molecule has 0 bridgehead atoms. The molecule has 1 N–H and O–H groups in total. The Labute approximate surface area is 163 Å². The van der Waals surface area contributed by atoms with Crippen LogP contribution in [0.15, 0.2) is 15.5 Å². The summed E-state index contributed by atoms with van der Waals surface area (Å²) >= 11 is 0. The second-order valence-electron chi connectivity index (χ2n) is 7.55. The van der Waals surface area contributed by atoms with Crippen molar-refractivity contribution in [2.75, 3.05) is 6.61 Å². The van der Waals surface area contributed by atoms with E-state index in [1.807, 2.05) is 0 Å². The molecular formula is C20H27N3O5. The van der Waals surface area contributed by atoms with Crippen LogP contribution in [-0.2, 0) is 16.1 Å². The first-order valence-corrected chi connectivity index (χ1v) is 9.78. The highest BCUT2D eigenvalue weighted by molar-refractivity contribution is 6.03. The molecular weight excluding hydrogens is 362 g/mol. The number of carbonyl (C=O) groups is 2. The number of furan rings is 1. The van der Waals surface area contributed by atoms with Crippen molar-refractivity contribution in [2.24, 2.45) is 11.8 Å². The topological polar surface area (TPSA) is 103 Å². The lowest BCUT2D eigenvalue weighted by atomic mass is 9.78. The molecule has 8 heteroatoms. The summed E-state index contributed by atoms with van der Waals surface area (Å²) in [6, 6.07) is 0.106. The molecule has 3 atom stereocenters. The van der Waals surface area contributed by atoms with Crippen LogP contribution in [0.3, 0.4) is 0 Å². The lowest BCUT2D eigenvalue weighted by Gasteiger charge is -2.34. The van der Waals surface area contributed by atoms with Crippen molar-refractivity contribution in [1.29, 1.82) is 0 Å². The van der Waals surface area contributed by atoms with Gasteiger partial charge in [0.15, 0.2) is 0 Å². The minimum atomic E-state index is -0.634. The monoisotopic (exact) mass is 389 g/mol. The van der Waals surface area contributed by atoms with Crippen LogP contribution < -0.4 is 10.9 Å². The van der Waals surface area contributed by atoms with Crippen LogP contribution >= 0.6 is 0 Å². The van der Waals surface area contributed by atoms with E-state index in [0.717, 1.165) is 12.8 Å². The summed E-state index contributed by atoms with van der Waals surface area (Å²) in [6.45, 7) is 7.63. The number of nitrogens with one attached hydrogen (secondary N) is 1. The van der Waals surface area contributed by atoms with Gasteiger partial charge in [-0.2, -0.15) is 0 Å². The molecule has 3 rings (SSSR count). The van der Waals surface area contributed by atoms with Gasteiger partial charge in [0.05, 0.1) is 6.61 Å². The Morgan fingerprint density at radius 3 is 2.82 bits per heavy atom. The number of amides is 1. The maximum Gasteiger partial charge on any atom is 0.342 e. The number of nitrogens with zero attached hydrogens (tertiary/aromatic N) is 2. The lowest BCUT2D eigenvalue weighted by Crippen LogP contribution is -2.45. The van der Waals surface area contributed by atoms with Crippen LogP contribution in [0.25, 0.3) is 11.1 Å². The van der Waals surface area contributed by atoms with E-state index in [1.54, 1.807) is 13.8 Å². The summed E-state index contributed by atoms with van der Waals surface area (Å²) in [6.07, 6.45) is 4.47. The quantitative estimate of drug-likeness (QED) is 0.788. The summed E-state index contributed by atoms with van der Waals surface area (Å²) in [4.78, 5) is 41.7. The van der Waals surface area contributed by atoms with Gasteiger partial charge in [0.1, 0.15) is 29.6 Å². The molecule has 1 aliphatic rings. The predicted octanol–water partition coefficient (Wildman–Crippen LogP) is 2.42. The Morgan fingerprint density at radius 2 is 2.11 bits per heavy atom. The highest BCUT2D eigenvalue weighted by Gasteiger charge is 2.29. The summed E-state index contributed by atoms with van der Waals surface area (Å²) in [7, 11) is 0. The molecule has 2 heterocycles. The van der Waals surface area contributed by atoms with E-state index in [0.29, 0.717) is 11.8 Å². The Bertz CT molecular complexity index is 945. The number of fused-ring (bicyclic) bond motifs is 1. The van der Waals surface area contributed by atoms with E-state index in [4.69, 9.17) is 9.15 Å². The molecule has 1 saturated carbocycles. The Kier molecular flexibility index (Phi) is 5.86. The largest absolute Gasteiger partial charge is 0.462 e. The molecule has 0 spiro atoms. The number of hydrogen-bond acceptors (Lipinski definition) is 6. The normalized spacial score (nSPS) is 22.2. The van der Waals surface area contributed by atoms with Crippen LogP contribution in [-0.4, -0.2) is 34.1 Å². The van der Waals surface area contributed by atoms with Crippen molar-refractivity contribution in [1.82, 2.24) is 14.9 Å². The zero-order chi connectivity index (χ0) is 20.4. The molecule has 2 aromatic heterocycles. The first kappa shape index (κ1) is 20.1. The smallest absolute Gasteiger partial charge is 0.342 e. The van der Waals surface area contributed by atoms with E-state index in [9.17, 15) is 14.4 Å². The molecule has 1 fully saturated rings. The Balaban J connectivity index is 1.84. The first-order chi connectivity index (χ1) is 13.3. The molecule has 152 valence electrons. The first-order valence-electron chi connectivity index (χ1n) is 9.78. The molecule has 0 radical (unpaired) electrons. The van der Waals surface area contributed by atoms with Gasteiger partial charge in [0.2, 0.25) is 11.6 Å². The van der Waals surface area contributed by atoms with Gasteiger partial charge < -0.3 is 14.5 Å². The van der Waals surface area contributed by atoms with Gasteiger partial charge in [0, 0.05) is 6.04 Å². The van der Waals surface area contributed by atoms with Gasteiger partial charge in [-0.3, -0.25) is 14.2 Å². The van der Waals surface area contributed by atoms with Crippen molar-refractivity contribution in [3.8, 4) is 0 Å². The second-order valence-corrected chi connectivity index (χ2v) is 7.55. The molecule has 3 unspecified atom stereocenters. The average Bonchev–Trinajstić information content (AvgIpc) is 2.98. The van der Waals surface area contributed by atoms with Crippen LogP contribution in [0, 0.1) is 18.8 Å². The van der Waals surface area contributed by atoms with Crippen molar-refractivity contribution in [2.45, 2.75) is 59.5 Å². The molecule has 0 aliphatic heterocycles. The standard InChI is InChI=1S/C20H27N3O5/c1-5-27-20(26)16-13(4)28-18-17(16)19(25)23(10-21-18)9-15(24)22-14-8-6-7-11(2)12(14)3/h10-12,14H,5-9H2,1-4H3,(H,22,24). The molecule has 2 aromatic rings. The molecule has 1 amide bonds. The van der Waals surface area contributed by atoms with Crippen molar-refractivity contribution < 1.29 is 18.7 Å². The maximum absolute atomic E-state index is 12.9. The fourth-order valence-electron chi connectivity index (χ4n) is 3.89. The number of rotatable bonds is 5. The lowest BCUT2D eigenvalue weighted by molar-refractivity contribution is -0.123. The molecule has 8 nitrogen and oxygen atoms in total. The fourth-order valence-corrected chi connectivity index (χ4v) is 3.89. The number of carbonyl (C=O) groups excluding carboxylic acids is 2. The Hall–Kier alpha value is -2.64. The van der Waals surface area contributed by atoms with Crippen LogP contribution in [0.1, 0.15) is 56.2 Å². The van der Waals surface area contributed by atoms with E-state index < -0.39 is 11.5 Å². The van der Waals surface area contributed by atoms with Gasteiger partial charge in [-0.25, -0.2) is 9.78 Å². The number of aromatic nitrogens is 2. The molecule has 0 saturated heterocycles. The summed E-state index contributed by atoms with van der Waals surface area (Å²) < 4.78 is 11.6. The zero-order valence-corrected chi connectivity index (χ0v) is 16.8. The third-order valence-corrected chi connectivity index (χ3v) is 5.70. The van der Waals surface area contributed by atoms with Crippen molar-refractivity contribution in [3.05, 3.63) is 28.0 Å². The van der Waals surface area contributed by atoms with Crippen LogP contribution in [0.2, 0.25) is 0 Å². The van der Waals surface area contributed by atoms with Gasteiger partial charge >= 0.3 is 5.97 Å². The number of esters is 1. The second kappa shape index (κ2) is 8.16. The van der Waals surface area contributed by atoms with E-state index in [1.165, 1.54) is 17.3 Å². The average molecular weight is 389 g/mol. The Morgan fingerprint density at radius 1 is 1.36 bits per heavy atom. The van der Waals surface area contributed by atoms with E-state index in [2.05, 4.69) is 24.1 Å². The number of hydrogen-bond donors (Lipinski definition) is 1. The van der Waals surface area contributed by atoms with Gasteiger partial charge in [-0.05, 0) is 32.1 Å². The number of aryl methyl sites for hydroxylation is 1. The molecule has 1 aliphatic carbocycles. The molecule has 28 heavy (non-hydrogen) atoms. The van der Waals surface area contributed by atoms with Gasteiger partial charge in [0.25, 0.3) is 5.56 Å². The third-order valence-electron chi connectivity index (χ3n) is 5.70. The van der Waals surface area contributed by atoms with Gasteiger partial charge in [-0.1, -0.05) is 26.7 Å². The van der Waals surface area contributed by atoms with Crippen molar-refractivity contribution >= 4 is 23.0 Å². The summed E-state index contributed by atoms with van der Waals surface area (Å²) in [5, 5.41) is 3.09. The highest BCUT2D eigenvalue weighted by atomic mass is 16.5.